The predicted molar refractivity (Wildman–Crippen MR) is 79.9 cm³/mol. The molecular weight excluding hydrogens is 322 g/mol. The Morgan fingerprint density at radius 3 is 2.65 bits per heavy atom. The second kappa shape index (κ2) is 4.96. The van der Waals surface area contributed by atoms with Gasteiger partial charge in [-0.1, -0.05) is 28.9 Å². The van der Waals surface area contributed by atoms with E-state index in [-0.39, 0.29) is 5.71 Å². The Hall–Kier alpha value is -2.60. The van der Waals surface area contributed by atoms with Crippen LogP contribution >= 0.6 is 11.6 Å². The van der Waals surface area contributed by atoms with E-state index in [1.807, 2.05) is 19.1 Å². The van der Waals surface area contributed by atoms with Crippen molar-refractivity contribution in [2.24, 2.45) is 11.1 Å². The van der Waals surface area contributed by atoms with E-state index in [4.69, 9.17) is 20.9 Å². The molecular formula is C16H10ClNO5. The zero-order valence-corrected chi connectivity index (χ0v) is 12.7. The molecule has 1 saturated heterocycles. The molecule has 1 fully saturated rings. The van der Waals surface area contributed by atoms with Crippen LogP contribution in [0.4, 0.5) is 0 Å². The van der Waals surface area contributed by atoms with Crippen LogP contribution in [0, 0.1) is 12.8 Å². The maximum absolute atomic E-state index is 11.7. The third-order valence-electron chi connectivity index (χ3n) is 3.86. The summed E-state index contributed by atoms with van der Waals surface area (Å²) in [5.74, 6) is -1.34. The summed E-state index contributed by atoms with van der Waals surface area (Å²) < 4.78 is 10.3. The van der Waals surface area contributed by atoms with Gasteiger partial charge in [0.25, 0.3) is 0 Å². The van der Waals surface area contributed by atoms with E-state index < -0.39 is 24.0 Å². The van der Waals surface area contributed by atoms with Crippen molar-refractivity contribution in [1.82, 2.24) is 0 Å². The zero-order valence-electron chi connectivity index (χ0n) is 11.9. The minimum Gasteiger partial charge on any atom is -0.455 e. The lowest BCUT2D eigenvalue weighted by molar-refractivity contribution is -0.155. The van der Waals surface area contributed by atoms with Gasteiger partial charge in [-0.2, -0.15) is 0 Å². The molecule has 0 unspecified atom stereocenters. The number of cyclic esters (lactones) is 2. The molecule has 2 aromatic rings. The summed E-state index contributed by atoms with van der Waals surface area (Å²) in [7, 11) is 0. The number of nitrogens with zero attached hydrogens (tertiary/aromatic N) is 1. The Kier molecular flexibility index (Phi) is 3.02. The number of hydrogen-bond acceptors (Lipinski definition) is 6. The van der Waals surface area contributed by atoms with Crippen LogP contribution in [0.2, 0.25) is 5.02 Å². The van der Waals surface area contributed by atoms with Gasteiger partial charge in [-0.25, -0.2) is 4.79 Å². The molecule has 0 amide bonds. The molecule has 0 radical (unpaired) electrons. The van der Waals surface area contributed by atoms with Crippen LogP contribution in [0.3, 0.4) is 0 Å². The van der Waals surface area contributed by atoms with Crippen molar-refractivity contribution >= 4 is 29.3 Å². The molecule has 6 nitrogen and oxygen atoms in total. The summed E-state index contributed by atoms with van der Waals surface area (Å²) >= 11 is 6.12. The highest BCUT2D eigenvalue weighted by Gasteiger charge is 2.54. The van der Waals surface area contributed by atoms with Gasteiger partial charge in [-0.15, -0.1) is 0 Å². The van der Waals surface area contributed by atoms with Crippen LogP contribution in [0.15, 0.2) is 39.9 Å². The molecule has 1 aromatic heterocycles. The lowest BCUT2D eigenvalue weighted by Gasteiger charge is -2.02. The number of oxime groups is 1. The van der Waals surface area contributed by atoms with Crippen molar-refractivity contribution < 1.29 is 23.6 Å². The highest BCUT2D eigenvalue weighted by Crippen LogP contribution is 2.33. The highest BCUT2D eigenvalue weighted by molar-refractivity contribution is 6.31. The molecule has 2 aliphatic heterocycles. The molecule has 0 N–H and O–H groups in total. The first-order valence-corrected chi connectivity index (χ1v) is 7.28. The van der Waals surface area contributed by atoms with E-state index in [1.54, 1.807) is 18.2 Å². The van der Waals surface area contributed by atoms with E-state index >= 15 is 0 Å². The lowest BCUT2D eigenvalue weighted by Crippen LogP contribution is -2.26. The second-order valence-corrected chi connectivity index (χ2v) is 5.76. The van der Waals surface area contributed by atoms with Crippen LogP contribution in [-0.2, 0) is 19.2 Å². The standard InChI is InChI=1S/C16H10ClNO5/c1-7-2-3-8(6-9(7)17)10-4-5-11(21-10)13-12-14(23-18-13)16(20)22-15(12)19/h2-6,12,14H,1H3/t12-,14-/m0/s1. The first-order valence-electron chi connectivity index (χ1n) is 6.90. The first-order chi connectivity index (χ1) is 11.0. The van der Waals surface area contributed by atoms with E-state index in [1.165, 1.54) is 0 Å². The smallest absolute Gasteiger partial charge is 0.359 e. The van der Waals surface area contributed by atoms with Gasteiger partial charge >= 0.3 is 11.9 Å². The number of carbonyl (C=O) groups excluding carboxylic acids is 2. The Morgan fingerprint density at radius 2 is 1.87 bits per heavy atom. The Bertz CT molecular complexity index is 869. The molecule has 4 rings (SSSR count). The van der Waals surface area contributed by atoms with E-state index in [2.05, 4.69) is 9.89 Å². The molecule has 0 bridgehead atoms. The van der Waals surface area contributed by atoms with E-state index in [0.29, 0.717) is 16.5 Å². The number of esters is 2. The monoisotopic (exact) mass is 331 g/mol. The molecule has 0 spiro atoms. The Balaban J connectivity index is 1.67. The maximum atomic E-state index is 11.7. The Morgan fingerprint density at radius 1 is 1.09 bits per heavy atom. The summed E-state index contributed by atoms with van der Waals surface area (Å²) in [6.07, 6.45) is -1.01. The van der Waals surface area contributed by atoms with Crippen molar-refractivity contribution in [1.29, 1.82) is 0 Å². The lowest BCUT2D eigenvalue weighted by atomic mass is 9.98. The van der Waals surface area contributed by atoms with Gasteiger partial charge < -0.3 is 14.0 Å². The number of fused-ring (bicyclic) bond motifs is 1. The fraction of sp³-hybridized carbons (Fsp3) is 0.188. The zero-order chi connectivity index (χ0) is 16.1. The quantitative estimate of drug-likeness (QED) is 0.624. The van der Waals surface area contributed by atoms with Gasteiger partial charge in [-0.05, 0) is 30.7 Å². The Labute approximate surface area is 135 Å². The van der Waals surface area contributed by atoms with Crippen molar-refractivity contribution in [2.75, 3.05) is 0 Å². The van der Waals surface area contributed by atoms with Gasteiger partial charge in [0, 0.05) is 10.6 Å². The highest BCUT2D eigenvalue weighted by atomic mass is 35.5. The first kappa shape index (κ1) is 14.0. The summed E-state index contributed by atoms with van der Waals surface area (Å²) in [4.78, 5) is 28.2. The normalized spacial score (nSPS) is 22.6. The van der Waals surface area contributed by atoms with Crippen LogP contribution < -0.4 is 0 Å². The number of hydrogen-bond donors (Lipinski definition) is 0. The van der Waals surface area contributed by atoms with Gasteiger partial charge in [-0.3, -0.25) is 4.79 Å². The number of aryl methyl sites for hydroxylation is 1. The van der Waals surface area contributed by atoms with Gasteiger partial charge in [0.15, 0.2) is 11.7 Å². The van der Waals surface area contributed by atoms with Crippen LogP contribution in [0.1, 0.15) is 11.3 Å². The molecule has 116 valence electrons. The van der Waals surface area contributed by atoms with Gasteiger partial charge in [0.1, 0.15) is 11.5 Å². The molecule has 2 atom stereocenters. The summed E-state index contributed by atoms with van der Waals surface area (Å²) in [5, 5.41) is 4.44. The largest absolute Gasteiger partial charge is 0.455 e. The van der Waals surface area contributed by atoms with Crippen LogP contribution in [0.25, 0.3) is 11.3 Å². The average Bonchev–Trinajstić information content (AvgIpc) is 3.20. The fourth-order valence-electron chi connectivity index (χ4n) is 2.58. The maximum Gasteiger partial charge on any atom is 0.359 e. The molecule has 1 aromatic carbocycles. The number of halogens is 1. The molecule has 2 aliphatic rings. The molecule has 3 heterocycles. The summed E-state index contributed by atoms with van der Waals surface area (Å²) in [6, 6.07) is 8.98. The van der Waals surface area contributed by atoms with Gasteiger partial charge in [0.05, 0.1) is 0 Å². The number of benzene rings is 1. The van der Waals surface area contributed by atoms with Crippen molar-refractivity contribution in [3.8, 4) is 11.3 Å². The number of rotatable bonds is 2. The third-order valence-corrected chi connectivity index (χ3v) is 4.27. The molecule has 23 heavy (non-hydrogen) atoms. The summed E-state index contributed by atoms with van der Waals surface area (Å²) in [6.45, 7) is 1.91. The number of carbonyl (C=O) groups is 2. The van der Waals surface area contributed by atoms with Crippen molar-refractivity contribution in [3.05, 3.63) is 46.7 Å². The number of furan rings is 1. The van der Waals surface area contributed by atoms with E-state index in [9.17, 15) is 9.59 Å². The van der Waals surface area contributed by atoms with Crippen molar-refractivity contribution in [3.63, 3.8) is 0 Å². The van der Waals surface area contributed by atoms with Crippen LogP contribution in [-0.4, -0.2) is 23.8 Å². The second-order valence-electron chi connectivity index (χ2n) is 5.35. The molecule has 0 saturated carbocycles. The minimum atomic E-state index is -1.01. The van der Waals surface area contributed by atoms with Gasteiger partial charge in [0.2, 0.25) is 6.10 Å². The third kappa shape index (κ3) is 2.14. The summed E-state index contributed by atoms with van der Waals surface area (Å²) in [5.41, 5.74) is 2.02. The minimum absolute atomic E-state index is 0.260. The average molecular weight is 332 g/mol. The van der Waals surface area contributed by atoms with E-state index in [0.717, 1.165) is 11.1 Å². The predicted octanol–water partition coefficient (Wildman–Crippen LogP) is 2.71. The fourth-order valence-corrected chi connectivity index (χ4v) is 2.77. The topological polar surface area (TPSA) is 78.1 Å². The molecule has 7 heteroatoms. The SMILES string of the molecule is Cc1ccc(-c2ccc(C3=NO[C@@H]4C(=O)OC(=O)[C@@H]34)o2)cc1Cl. The molecule has 0 aliphatic carbocycles. The van der Waals surface area contributed by atoms with Crippen molar-refractivity contribution in [2.45, 2.75) is 13.0 Å². The van der Waals surface area contributed by atoms with Crippen LogP contribution in [0.5, 0.6) is 0 Å². The number of ether oxygens (including phenoxy) is 1.